The third-order valence-corrected chi connectivity index (χ3v) is 4.08. The number of halogens is 1. The Labute approximate surface area is 109 Å². The molecular weight excluding hydrogens is 234 g/mol. The minimum absolute atomic E-state index is 0.843. The molecule has 1 aliphatic rings. The first-order valence-corrected chi connectivity index (χ1v) is 7.08. The molecule has 0 saturated heterocycles. The van der Waals surface area contributed by atoms with Crippen molar-refractivity contribution in [1.82, 2.24) is 15.1 Å². The van der Waals surface area contributed by atoms with Gasteiger partial charge in [-0.1, -0.05) is 24.9 Å². The predicted octanol–water partition coefficient (Wildman–Crippen LogP) is 3.01. The molecule has 0 aromatic carbocycles. The van der Waals surface area contributed by atoms with Crippen molar-refractivity contribution in [1.29, 1.82) is 0 Å². The fraction of sp³-hybridized carbons (Fsp3) is 0.769. The lowest BCUT2D eigenvalue weighted by Gasteiger charge is -2.25. The van der Waals surface area contributed by atoms with Crippen LogP contribution >= 0.6 is 11.6 Å². The van der Waals surface area contributed by atoms with E-state index < -0.39 is 0 Å². The Balaban J connectivity index is 1.95. The van der Waals surface area contributed by atoms with Crippen molar-refractivity contribution in [3.8, 4) is 0 Å². The van der Waals surface area contributed by atoms with Gasteiger partial charge in [0.1, 0.15) is 0 Å². The Morgan fingerprint density at radius 3 is 2.71 bits per heavy atom. The Kier molecular flexibility index (Phi) is 4.46. The van der Waals surface area contributed by atoms with Crippen LogP contribution in [0, 0.1) is 5.92 Å². The van der Waals surface area contributed by atoms with Crippen LogP contribution in [0.2, 0.25) is 5.02 Å². The summed E-state index contributed by atoms with van der Waals surface area (Å²) in [5, 5.41) is 8.89. The van der Waals surface area contributed by atoms with Gasteiger partial charge in [-0.25, -0.2) is 0 Å². The maximum atomic E-state index is 6.35. The van der Waals surface area contributed by atoms with Crippen molar-refractivity contribution < 1.29 is 0 Å². The molecule has 1 aliphatic carbocycles. The van der Waals surface area contributed by atoms with E-state index in [-0.39, 0.29) is 0 Å². The molecule has 0 atom stereocenters. The van der Waals surface area contributed by atoms with Crippen molar-refractivity contribution in [3.05, 3.63) is 16.4 Å². The third-order valence-electron chi connectivity index (χ3n) is 3.64. The molecule has 0 bridgehead atoms. The van der Waals surface area contributed by atoms with Crippen LogP contribution in [0.25, 0.3) is 0 Å². The Bertz CT molecular complexity index is 369. The molecular formula is C13H22ClN3. The van der Waals surface area contributed by atoms with Crippen molar-refractivity contribution in [2.24, 2.45) is 5.92 Å². The molecule has 0 aliphatic heterocycles. The zero-order valence-corrected chi connectivity index (χ0v) is 11.6. The molecule has 0 unspecified atom stereocenters. The van der Waals surface area contributed by atoms with Crippen LogP contribution in [0.4, 0.5) is 0 Å². The summed E-state index contributed by atoms with van der Waals surface area (Å²) in [6.45, 7) is 7.06. The normalized spacial score (nSPS) is 16.2. The summed E-state index contributed by atoms with van der Waals surface area (Å²) < 4.78 is 2.02. The van der Waals surface area contributed by atoms with Crippen LogP contribution in [-0.2, 0) is 19.5 Å². The number of hydrogen-bond acceptors (Lipinski definition) is 2. The van der Waals surface area contributed by atoms with E-state index in [1.54, 1.807) is 0 Å². The molecule has 1 heterocycles. The minimum atomic E-state index is 0.843. The summed E-state index contributed by atoms with van der Waals surface area (Å²) in [6, 6.07) is 0. The smallest absolute Gasteiger partial charge is 0.0863 e. The number of aromatic nitrogens is 2. The molecule has 1 saturated carbocycles. The summed E-state index contributed by atoms with van der Waals surface area (Å²) in [7, 11) is 0. The fourth-order valence-electron chi connectivity index (χ4n) is 2.28. The van der Waals surface area contributed by atoms with Gasteiger partial charge in [0.05, 0.1) is 16.4 Å². The largest absolute Gasteiger partial charge is 0.311 e. The average Bonchev–Trinajstić information content (AvgIpc) is 2.59. The zero-order chi connectivity index (χ0) is 12.3. The Morgan fingerprint density at radius 1 is 1.41 bits per heavy atom. The van der Waals surface area contributed by atoms with Crippen LogP contribution in [0.1, 0.15) is 44.5 Å². The van der Waals surface area contributed by atoms with Crippen LogP contribution in [0.15, 0.2) is 0 Å². The number of nitrogens with one attached hydrogen (secondary N) is 1. The summed E-state index contributed by atoms with van der Waals surface area (Å²) in [6.07, 6.45) is 5.07. The van der Waals surface area contributed by atoms with Gasteiger partial charge < -0.3 is 5.32 Å². The van der Waals surface area contributed by atoms with E-state index >= 15 is 0 Å². The molecule has 1 N–H and O–H groups in total. The maximum Gasteiger partial charge on any atom is 0.0863 e. The lowest BCUT2D eigenvalue weighted by molar-refractivity contribution is 0.300. The van der Waals surface area contributed by atoms with E-state index in [0.29, 0.717) is 0 Å². The van der Waals surface area contributed by atoms with Crippen LogP contribution in [0.3, 0.4) is 0 Å². The van der Waals surface area contributed by atoms with Crippen LogP contribution in [-0.4, -0.2) is 16.3 Å². The van der Waals surface area contributed by atoms with E-state index in [1.807, 2.05) is 4.68 Å². The summed E-state index contributed by atoms with van der Waals surface area (Å²) in [5.41, 5.74) is 2.17. The second-order valence-corrected chi connectivity index (χ2v) is 5.18. The minimum Gasteiger partial charge on any atom is -0.311 e. The van der Waals surface area contributed by atoms with E-state index in [0.717, 1.165) is 48.4 Å². The SMILES string of the molecule is CCc1nn(CC)c(CNCC2CCC2)c1Cl. The van der Waals surface area contributed by atoms with Gasteiger partial charge in [-0.2, -0.15) is 5.10 Å². The number of aryl methyl sites for hydroxylation is 2. The third kappa shape index (κ3) is 2.83. The molecule has 96 valence electrons. The molecule has 0 radical (unpaired) electrons. The van der Waals surface area contributed by atoms with E-state index in [2.05, 4.69) is 24.3 Å². The molecule has 0 spiro atoms. The summed E-state index contributed by atoms with van der Waals surface area (Å²) >= 11 is 6.35. The first-order chi connectivity index (χ1) is 8.26. The van der Waals surface area contributed by atoms with Gasteiger partial charge in [0, 0.05) is 13.1 Å². The molecule has 1 fully saturated rings. The highest BCUT2D eigenvalue weighted by Gasteiger charge is 2.18. The van der Waals surface area contributed by atoms with Crippen molar-refractivity contribution in [3.63, 3.8) is 0 Å². The van der Waals surface area contributed by atoms with Crippen molar-refractivity contribution >= 4 is 11.6 Å². The van der Waals surface area contributed by atoms with Gasteiger partial charge in [-0.05, 0) is 38.6 Å². The second kappa shape index (κ2) is 5.87. The van der Waals surface area contributed by atoms with Crippen molar-refractivity contribution in [2.45, 2.75) is 52.6 Å². The monoisotopic (exact) mass is 255 g/mol. The molecule has 4 heteroatoms. The van der Waals surface area contributed by atoms with E-state index in [4.69, 9.17) is 11.6 Å². The van der Waals surface area contributed by atoms with Crippen LogP contribution in [0.5, 0.6) is 0 Å². The zero-order valence-electron chi connectivity index (χ0n) is 10.8. The highest BCUT2D eigenvalue weighted by molar-refractivity contribution is 6.31. The highest BCUT2D eigenvalue weighted by atomic mass is 35.5. The quantitative estimate of drug-likeness (QED) is 0.847. The van der Waals surface area contributed by atoms with Crippen molar-refractivity contribution in [2.75, 3.05) is 6.54 Å². The molecule has 3 nitrogen and oxygen atoms in total. The lowest BCUT2D eigenvalue weighted by Crippen LogP contribution is -2.27. The first-order valence-electron chi connectivity index (χ1n) is 6.71. The lowest BCUT2D eigenvalue weighted by atomic mass is 9.85. The number of nitrogens with zero attached hydrogens (tertiary/aromatic N) is 2. The summed E-state index contributed by atoms with van der Waals surface area (Å²) in [5.74, 6) is 0.886. The van der Waals surface area contributed by atoms with E-state index in [9.17, 15) is 0 Å². The van der Waals surface area contributed by atoms with Gasteiger partial charge >= 0.3 is 0 Å². The van der Waals surface area contributed by atoms with Gasteiger partial charge in [0.25, 0.3) is 0 Å². The topological polar surface area (TPSA) is 29.9 Å². The molecule has 17 heavy (non-hydrogen) atoms. The Hall–Kier alpha value is -0.540. The van der Waals surface area contributed by atoms with E-state index in [1.165, 1.54) is 19.3 Å². The predicted molar refractivity (Wildman–Crippen MR) is 71.3 cm³/mol. The van der Waals surface area contributed by atoms with Crippen LogP contribution < -0.4 is 5.32 Å². The van der Waals surface area contributed by atoms with Gasteiger partial charge in [-0.3, -0.25) is 4.68 Å². The second-order valence-electron chi connectivity index (χ2n) is 4.80. The molecule has 0 amide bonds. The van der Waals surface area contributed by atoms with Gasteiger partial charge in [-0.15, -0.1) is 0 Å². The molecule has 2 rings (SSSR count). The Morgan fingerprint density at radius 2 is 2.18 bits per heavy atom. The number of hydrogen-bond donors (Lipinski definition) is 1. The van der Waals surface area contributed by atoms with Gasteiger partial charge in [0.2, 0.25) is 0 Å². The first kappa shape index (κ1) is 12.9. The maximum absolute atomic E-state index is 6.35. The molecule has 1 aromatic rings. The number of rotatable bonds is 6. The standard InChI is InChI=1S/C13H22ClN3/c1-3-11-13(14)12(17(4-2)16-11)9-15-8-10-6-5-7-10/h10,15H,3-9H2,1-2H3. The van der Waals surface area contributed by atoms with Gasteiger partial charge in [0.15, 0.2) is 0 Å². The molecule has 1 aromatic heterocycles. The summed E-state index contributed by atoms with van der Waals surface area (Å²) in [4.78, 5) is 0. The fourth-order valence-corrected chi connectivity index (χ4v) is 2.61. The average molecular weight is 256 g/mol. The highest BCUT2D eigenvalue weighted by Crippen LogP contribution is 2.26.